The molecule has 4 heteroatoms. The lowest BCUT2D eigenvalue weighted by atomic mass is 10.2. The van der Waals surface area contributed by atoms with Gasteiger partial charge in [0.2, 0.25) is 0 Å². The van der Waals surface area contributed by atoms with Gasteiger partial charge in [-0.1, -0.05) is 26.0 Å². The summed E-state index contributed by atoms with van der Waals surface area (Å²) in [5.41, 5.74) is 2.31. The maximum absolute atomic E-state index is 5.94. The number of likely N-dealkylation sites (N-methyl/N-ethyl adjacent to an activating group) is 1. The van der Waals surface area contributed by atoms with Crippen molar-refractivity contribution in [1.82, 2.24) is 14.5 Å². The second-order valence-corrected chi connectivity index (χ2v) is 5.37. The number of hydrogen-bond acceptors (Lipinski definition) is 3. The normalized spacial score (nSPS) is 20.6. The second-order valence-electron chi connectivity index (χ2n) is 5.37. The van der Waals surface area contributed by atoms with E-state index in [0.717, 1.165) is 50.5 Å². The fourth-order valence-corrected chi connectivity index (χ4v) is 2.98. The van der Waals surface area contributed by atoms with E-state index < -0.39 is 0 Å². The van der Waals surface area contributed by atoms with Crippen LogP contribution in [0.25, 0.3) is 11.0 Å². The number of rotatable bonds is 4. The third-order valence-electron chi connectivity index (χ3n) is 4.11. The van der Waals surface area contributed by atoms with Gasteiger partial charge in [-0.05, 0) is 18.7 Å². The number of aromatic nitrogens is 2. The molecule has 1 fully saturated rings. The molecule has 1 atom stereocenters. The maximum Gasteiger partial charge on any atom is 0.109 e. The predicted octanol–water partition coefficient (Wildman–Crippen LogP) is 2.32. The van der Waals surface area contributed by atoms with Gasteiger partial charge in [0, 0.05) is 19.5 Å². The van der Waals surface area contributed by atoms with E-state index in [-0.39, 0.29) is 6.10 Å². The van der Waals surface area contributed by atoms with Crippen molar-refractivity contribution in [2.45, 2.75) is 32.9 Å². The van der Waals surface area contributed by atoms with Crippen LogP contribution in [-0.4, -0.2) is 46.8 Å². The lowest BCUT2D eigenvalue weighted by Crippen LogP contribution is -2.44. The van der Waals surface area contributed by atoms with Crippen molar-refractivity contribution in [2.75, 3.05) is 26.2 Å². The highest BCUT2D eigenvalue weighted by Crippen LogP contribution is 2.18. The number of ether oxygens (including phenoxy) is 1. The molecule has 0 aliphatic carbocycles. The molecule has 1 saturated heterocycles. The summed E-state index contributed by atoms with van der Waals surface area (Å²) in [4.78, 5) is 7.19. The van der Waals surface area contributed by atoms with Crippen molar-refractivity contribution in [2.24, 2.45) is 0 Å². The monoisotopic (exact) mass is 273 g/mol. The minimum atomic E-state index is 0.270. The SMILES string of the molecule is CCc1nc2ccccc2n1CC1CN(CC)CCO1. The van der Waals surface area contributed by atoms with Crippen molar-refractivity contribution >= 4 is 11.0 Å². The van der Waals surface area contributed by atoms with Crippen LogP contribution in [0.4, 0.5) is 0 Å². The van der Waals surface area contributed by atoms with E-state index in [9.17, 15) is 0 Å². The molecule has 1 aliphatic heterocycles. The fourth-order valence-electron chi connectivity index (χ4n) is 2.98. The van der Waals surface area contributed by atoms with E-state index in [1.54, 1.807) is 0 Å². The smallest absolute Gasteiger partial charge is 0.109 e. The first-order valence-corrected chi connectivity index (χ1v) is 7.60. The number of aryl methyl sites for hydroxylation is 1. The van der Waals surface area contributed by atoms with Crippen molar-refractivity contribution in [3.05, 3.63) is 30.1 Å². The molecule has 0 amide bonds. The molecule has 3 rings (SSSR count). The van der Waals surface area contributed by atoms with Gasteiger partial charge in [-0.2, -0.15) is 0 Å². The first-order chi connectivity index (χ1) is 9.81. The van der Waals surface area contributed by atoms with Crippen molar-refractivity contribution < 1.29 is 4.74 Å². The Bertz CT molecular complexity index is 578. The largest absolute Gasteiger partial charge is 0.374 e. The standard InChI is InChI=1S/C16H23N3O/c1-3-16-17-14-7-5-6-8-15(14)19(16)12-13-11-18(4-2)9-10-20-13/h5-8,13H,3-4,9-12H2,1-2H3. The number of hydrogen-bond donors (Lipinski definition) is 0. The third-order valence-corrected chi connectivity index (χ3v) is 4.11. The molecule has 1 aromatic heterocycles. The Morgan fingerprint density at radius 2 is 2.15 bits per heavy atom. The Morgan fingerprint density at radius 1 is 1.30 bits per heavy atom. The van der Waals surface area contributed by atoms with E-state index in [1.807, 2.05) is 0 Å². The van der Waals surface area contributed by atoms with Crippen LogP contribution in [0.1, 0.15) is 19.7 Å². The predicted molar refractivity (Wildman–Crippen MR) is 81.0 cm³/mol. The average Bonchev–Trinajstić information content (AvgIpc) is 2.85. The van der Waals surface area contributed by atoms with Gasteiger partial charge in [-0.3, -0.25) is 4.90 Å². The lowest BCUT2D eigenvalue weighted by Gasteiger charge is -2.32. The molecular formula is C16H23N3O. The third kappa shape index (κ3) is 2.58. The van der Waals surface area contributed by atoms with Crippen molar-refractivity contribution in [3.8, 4) is 0 Å². The van der Waals surface area contributed by atoms with E-state index in [2.05, 4.69) is 47.6 Å². The molecule has 2 aromatic rings. The van der Waals surface area contributed by atoms with Crippen LogP contribution in [0.5, 0.6) is 0 Å². The minimum absolute atomic E-state index is 0.270. The number of benzene rings is 1. The summed E-state index contributed by atoms with van der Waals surface area (Å²) >= 11 is 0. The number of imidazole rings is 1. The summed E-state index contributed by atoms with van der Waals surface area (Å²) in [6.45, 7) is 9.30. The molecule has 0 bridgehead atoms. The molecule has 1 unspecified atom stereocenters. The summed E-state index contributed by atoms with van der Waals surface area (Å²) in [6.07, 6.45) is 1.23. The first kappa shape index (κ1) is 13.6. The lowest BCUT2D eigenvalue weighted by molar-refractivity contribution is -0.0341. The summed E-state index contributed by atoms with van der Waals surface area (Å²) in [6, 6.07) is 8.38. The first-order valence-electron chi connectivity index (χ1n) is 7.60. The highest BCUT2D eigenvalue weighted by molar-refractivity contribution is 5.75. The summed E-state index contributed by atoms with van der Waals surface area (Å²) < 4.78 is 8.27. The molecule has 2 heterocycles. The van der Waals surface area contributed by atoms with Gasteiger partial charge in [-0.15, -0.1) is 0 Å². The molecule has 0 spiro atoms. The molecule has 0 saturated carbocycles. The van der Waals surface area contributed by atoms with Gasteiger partial charge in [0.1, 0.15) is 5.82 Å². The molecule has 0 N–H and O–H groups in total. The van der Waals surface area contributed by atoms with Gasteiger partial charge >= 0.3 is 0 Å². The molecule has 1 aromatic carbocycles. The summed E-state index contributed by atoms with van der Waals surface area (Å²) in [7, 11) is 0. The van der Waals surface area contributed by atoms with Crippen molar-refractivity contribution in [3.63, 3.8) is 0 Å². The van der Waals surface area contributed by atoms with Crippen LogP contribution < -0.4 is 0 Å². The molecule has 4 nitrogen and oxygen atoms in total. The number of morpholine rings is 1. The van der Waals surface area contributed by atoms with Gasteiger partial charge < -0.3 is 9.30 Å². The van der Waals surface area contributed by atoms with Crippen LogP contribution in [-0.2, 0) is 17.7 Å². The summed E-state index contributed by atoms with van der Waals surface area (Å²) in [5.74, 6) is 1.16. The zero-order valence-electron chi connectivity index (χ0n) is 12.4. The van der Waals surface area contributed by atoms with E-state index >= 15 is 0 Å². The van der Waals surface area contributed by atoms with Crippen molar-refractivity contribution in [1.29, 1.82) is 0 Å². The Hall–Kier alpha value is -1.39. The Labute approximate surface area is 120 Å². The maximum atomic E-state index is 5.94. The van der Waals surface area contributed by atoms with Crippen LogP contribution in [0, 0.1) is 0 Å². The van der Waals surface area contributed by atoms with Crippen LogP contribution in [0.3, 0.4) is 0 Å². The van der Waals surface area contributed by atoms with E-state index in [1.165, 1.54) is 5.52 Å². The Morgan fingerprint density at radius 3 is 2.95 bits per heavy atom. The molecular weight excluding hydrogens is 250 g/mol. The van der Waals surface area contributed by atoms with E-state index in [0.29, 0.717) is 0 Å². The van der Waals surface area contributed by atoms with Crippen LogP contribution in [0.15, 0.2) is 24.3 Å². The Balaban J connectivity index is 1.86. The van der Waals surface area contributed by atoms with Crippen LogP contribution >= 0.6 is 0 Å². The van der Waals surface area contributed by atoms with Gasteiger partial charge in [0.05, 0.1) is 30.3 Å². The van der Waals surface area contributed by atoms with Gasteiger partial charge in [0.25, 0.3) is 0 Å². The highest BCUT2D eigenvalue weighted by atomic mass is 16.5. The summed E-state index contributed by atoms with van der Waals surface area (Å²) in [5, 5.41) is 0. The van der Waals surface area contributed by atoms with Gasteiger partial charge in [0.15, 0.2) is 0 Å². The second kappa shape index (κ2) is 5.94. The molecule has 108 valence electrons. The zero-order chi connectivity index (χ0) is 13.9. The zero-order valence-corrected chi connectivity index (χ0v) is 12.4. The molecule has 1 aliphatic rings. The molecule has 0 radical (unpaired) electrons. The number of fused-ring (bicyclic) bond motifs is 1. The highest BCUT2D eigenvalue weighted by Gasteiger charge is 2.21. The molecule has 20 heavy (non-hydrogen) atoms. The number of para-hydroxylation sites is 2. The Kier molecular flexibility index (Phi) is 4.03. The van der Waals surface area contributed by atoms with E-state index in [4.69, 9.17) is 9.72 Å². The quantitative estimate of drug-likeness (QED) is 0.856. The average molecular weight is 273 g/mol. The number of nitrogens with zero attached hydrogens (tertiary/aromatic N) is 3. The van der Waals surface area contributed by atoms with Crippen LogP contribution in [0.2, 0.25) is 0 Å². The topological polar surface area (TPSA) is 30.3 Å². The van der Waals surface area contributed by atoms with Gasteiger partial charge in [-0.25, -0.2) is 4.98 Å². The minimum Gasteiger partial charge on any atom is -0.374 e. The fraction of sp³-hybridized carbons (Fsp3) is 0.562.